The zero-order valence-electron chi connectivity index (χ0n) is 12.1. The third-order valence-corrected chi connectivity index (χ3v) is 3.61. The first-order valence-corrected chi connectivity index (χ1v) is 6.74. The monoisotopic (exact) mass is 316 g/mol. The van der Waals surface area contributed by atoms with E-state index in [4.69, 9.17) is 15.6 Å². The molecule has 22 heavy (non-hydrogen) atoms. The molecule has 1 unspecified atom stereocenters. The summed E-state index contributed by atoms with van der Waals surface area (Å²) >= 11 is 0. The molecule has 1 aliphatic heterocycles. The molecule has 122 valence electrons. The van der Waals surface area contributed by atoms with Gasteiger partial charge in [-0.1, -0.05) is 0 Å². The molecule has 0 aliphatic carbocycles. The van der Waals surface area contributed by atoms with Crippen molar-refractivity contribution >= 4 is 17.6 Å². The highest BCUT2D eigenvalue weighted by molar-refractivity contribution is 5.67. The van der Waals surface area contributed by atoms with Gasteiger partial charge in [0.15, 0.2) is 0 Å². The quantitative estimate of drug-likeness (QED) is 0.874. The van der Waals surface area contributed by atoms with Gasteiger partial charge in [-0.05, 0) is 0 Å². The molecular weight excluding hydrogens is 298 g/mol. The Balaban J connectivity index is 2.22. The van der Waals surface area contributed by atoms with E-state index < -0.39 is 25.0 Å². The molecule has 0 saturated carbocycles. The van der Waals surface area contributed by atoms with Gasteiger partial charge in [0, 0.05) is 32.1 Å². The summed E-state index contributed by atoms with van der Waals surface area (Å²) in [5.41, 5.74) is 6.20. The number of carboxylic acid groups (broad SMARTS) is 1. The molecule has 1 aromatic rings. The van der Waals surface area contributed by atoms with Gasteiger partial charge in [0.2, 0.25) is 6.43 Å². The van der Waals surface area contributed by atoms with Crippen molar-refractivity contribution in [2.75, 3.05) is 37.4 Å². The number of nitrogens with zero attached hydrogens (tertiary/aromatic N) is 3. The van der Waals surface area contributed by atoms with E-state index in [1.165, 1.54) is 13.3 Å². The Labute approximate surface area is 126 Å². The molecular formula is C13H18F2N4O3. The predicted octanol–water partition coefficient (Wildman–Crippen LogP) is 1.50. The Bertz CT molecular complexity index is 544. The van der Waals surface area contributed by atoms with E-state index in [9.17, 15) is 13.6 Å². The van der Waals surface area contributed by atoms with Crippen molar-refractivity contribution in [1.29, 1.82) is 0 Å². The molecule has 0 radical (unpaired) electrons. The van der Waals surface area contributed by atoms with Gasteiger partial charge in [0.25, 0.3) is 0 Å². The van der Waals surface area contributed by atoms with Crippen LogP contribution in [0.4, 0.5) is 25.1 Å². The third-order valence-electron chi connectivity index (χ3n) is 3.61. The van der Waals surface area contributed by atoms with Crippen LogP contribution in [0.1, 0.15) is 6.42 Å². The number of nitrogen functional groups attached to an aromatic ring is 1. The van der Waals surface area contributed by atoms with Crippen LogP contribution in [-0.2, 0) is 0 Å². The molecule has 1 aliphatic rings. The number of methoxy groups -OCH3 is 1. The molecule has 1 fully saturated rings. The number of anilines is 2. The predicted molar refractivity (Wildman–Crippen MR) is 76.6 cm³/mol. The van der Waals surface area contributed by atoms with Crippen LogP contribution in [0.15, 0.2) is 12.3 Å². The highest BCUT2D eigenvalue weighted by Gasteiger charge is 2.33. The summed E-state index contributed by atoms with van der Waals surface area (Å²) in [7, 11) is 1.47. The molecule has 1 saturated heterocycles. The van der Waals surface area contributed by atoms with Crippen molar-refractivity contribution in [2.45, 2.75) is 18.9 Å². The summed E-state index contributed by atoms with van der Waals surface area (Å²) in [6, 6.07) is 0.759. The lowest BCUT2D eigenvalue weighted by molar-refractivity contribution is 0.0702. The second-order valence-electron chi connectivity index (χ2n) is 4.98. The van der Waals surface area contributed by atoms with E-state index >= 15 is 0 Å². The number of aromatic nitrogens is 1. The Morgan fingerprint density at radius 2 is 2.32 bits per heavy atom. The number of carbonyl (C=O) groups is 1. The maximum atomic E-state index is 12.7. The van der Waals surface area contributed by atoms with Crippen molar-refractivity contribution in [3.63, 3.8) is 0 Å². The fraction of sp³-hybridized carbons (Fsp3) is 0.538. The van der Waals surface area contributed by atoms with Crippen LogP contribution in [0, 0.1) is 0 Å². The Morgan fingerprint density at radius 1 is 1.59 bits per heavy atom. The second kappa shape index (κ2) is 6.63. The maximum absolute atomic E-state index is 12.7. The van der Waals surface area contributed by atoms with Gasteiger partial charge >= 0.3 is 6.09 Å². The highest BCUT2D eigenvalue weighted by atomic mass is 19.3. The fourth-order valence-corrected chi connectivity index (χ4v) is 2.58. The lowest BCUT2D eigenvalue weighted by Gasteiger charge is -2.41. The van der Waals surface area contributed by atoms with Crippen molar-refractivity contribution in [3.05, 3.63) is 12.3 Å². The standard InChI is InChI=1S/C13H18F2N4O3/c1-22-10-5-12(16)17-6-9(10)18-2-3-19(13(20)21)8(7-18)4-11(14)15/h5-6,8,11H,2-4,7H2,1H3,(H2,16,17)(H,20,21). The number of halogens is 2. The number of amides is 1. The van der Waals surface area contributed by atoms with Gasteiger partial charge < -0.3 is 25.4 Å². The van der Waals surface area contributed by atoms with Crippen LogP contribution in [0.5, 0.6) is 5.75 Å². The third kappa shape index (κ3) is 3.46. The summed E-state index contributed by atoms with van der Waals surface area (Å²) in [4.78, 5) is 18.0. The number of hydrogen-bond acceptors (Lipinski definition) is 5. The molecule has 2 heterocycles. The van der Waals surface area contributed by atoms with Crippen molar-refractivity contribution in [2.24, 2.45) is 0 Å². The van der Waals surface area contributed by atoms with Gasteiger partial charge in [0.05, 0.1) is 25.0 Å². The number of rotatable bonds is 4. The van der Waals surface area contributed by atoms with Crippen molar-refractivity contribution in [1.82, 2.24) is 9.88 Å². The van der Waals surface area contributed by atoms with Gasteiger partial charge in [0.1, 0.15) is 11.6 Å². The van der Waals surface area contributed by atoms with Crippen LogP contribution < -0.4 is 15.4 Å². The molecule has 0 aromatic carbocycles. The average Bonchev–Trinajstić information content (AvgIpc) is 2.46. The molecule has 1 amide bonds. The molecule has 3 N–H and O–H groups in total. The van der Waals surface area contributed by atoms with E-state index in [0.29, 0.717) is 18.0 Å². The zero-order valence-corrected chi connectivity index (χ0v) is 12.1. The minimum Gasteiger partial charge on any atom is -0.494 e. The molecule has 9 heteroatoms. The SMILES string of the molecule is COc1cc(N)ncc1N1CCN(C(=O)O)C(CC(F)F)C1. The first-order valence-electron chi connectivity index (χ1n) is 6.74. The Morgan fingerprint density at radius 3 is 2.91 bits per heavy atom. The van der Waals surface area contributed by atoms with Crippen molar-refractivity contribution in [3.8, 4) is 5.75 Å². The number of alkyl halides is 2. The summed E-state index contributed by atoms with van der Waals surface area (Å²) in [6.07, 6.45) is -2.76. The van der Waals surface area contributed by atoms with Crippen LogP contribution in [0.3, 0.4) is 0 Å². The summed E-state index contributed by atoms with van der Waals surface area (Å²) < 4.78 is 30.6. The normalized spacial score (nSPS) is 18.6. The smallest absolute Gasteiger partial charge is 0.407 e. The number of ether oxygens (including phenoxy) is 1. The van der Waals surface area contributed by atoms with E-state index in [-0.39, 0.29) is 18.9 Å². The van der Waals surface area contributed by atoms with Crippen LogP contribution >= 0.6 is 0 Å². The van der Waals surface area contributed by atoms with Gasteiger partial charge in [-0.25, -0.2) is 18.6 Å². The van der Waals surface area contributed by atoms with Gasteiger partial charge in [-0.3, -0.25) is 0 Å². The summed E-state index contributed by atoms with van der Waals surface area (Å²) in [5.74, 6) is 0.765. The number of pyridine rings is 1. The Kier molecular flexibility index (Phi) is 4.84. The lowest BCUT2D eigenvalue weighted by Crippen LogP contribution is -2.55. The number of piperazine rings is 1. The van der Waals surface area contributed by atoms with Crippen LogP contribution in [0.2, 0.25) is 0 Å². The Hall–Kier alpha value is -2.32. The summed E-state index contributed by atoms with van der Waals surface area (Å²) in [5, 5.41) is 9.12. The van der Waals surface area contributed by atoms with Gasteiger partial charge in [-0.2, -0.15) is 0 Å². The minimum absolute atomic E-state index is 0.139. The van der Waals surface area contributed by atoms with E-state index in [0.717, 1.165) is 4.90 Å². The topological polar surface area (TPSA) is 91.9 Å². The fourth-order valence-electron chi connectivity index (χ4n) is 2.58. The molecule has 1 atom stereocenters. The van der Waals surface area contributed by atoms with Crippen molar-refractivity contribution < 1.29 is 23.4 Å². The maximum Gasteiger partial charge on any atom is 0.407 e. The number of hydrogen-bond donors (Lipinski definition) is 2. The number of nitrogens with two attached hydrogens (primary N) is 1. The average molecular weight is 316 g/mol. The highest BCUT2D eigenvalue weighted by Crippen LogP contribution is 2.31. The lowest BCUT2D eigenvalue weighted by atomic mass is 10.1. The first-order chi connectivity index (χ1) is 10.4. The molecule has 0 spiro atoms. The molecule has 1 aromatic heterocycles. The van der Waals surface area contributed by atoms with Crippen LogP contribution in [0.25, 0.3) is 0 Å². The summed E-state index contributed by atoms with van der Waals surface area (Å²) in [6.45, 7) is 0.660. The van der Waals surface area contributed by atoms with Crippen LogP contribution in [-0.4, -0.2) is 60.3 Å². The zero-order chi connectivity index (χ0) is 16.3. The van der Waals surface area contributed by atoms with E-state index in [1.807, 2.05) is 0 Å². The van der Waals surface area contributed by atoms with E-state index in [2.05, 4.69) is 4.98 Å². The minimum atomic E-state index is -2.57. The molecule has 7 nitrogen and oxygen atoms in total. The molecule has 0 bridgehead atoms. The largest absolute Gasteiger partial charge is 0.494 e. The first kappa shape index (κ1) is 16.1. The van der Waals surface area contributed by atoms with E-state index in [1.54, 1.807) is 11.0 Å². The van der Waals surface area contributed by atoms with Gasteiger partial charge in [-0.15, -0.1) is 0 Å². The second-order valence-corrected chi connectivity index (χ2v) is 4.98. The molecule has 2 rings (SSSR count).